The van der Waals surface area contributed by atoms with Crippen molar-refractivity contribution in [1.82, 2.24) is 9.55 Å². The molecule has 114 valence electrons. The van der Waals surface area contributed by atoms with E-state index in [2.05, 4.69) is 4.98 Å². The summed E-state index contributed by atoms with van der Waals surface area (Å²) in [6.07, 6.45) is -1.65. The molecule has 0 saturated heterocycles. The van der Waals surface area contributed by atoms with E-state index in [9.17, 15) is 18.0 Å². The van der Waals surface area contributed by atoms with Gasteiger partial charge in [-0.1, -0.05) is 0 Å². The zero-order chi connectivity index (χ0) is 15.6. The summed E-state index contributed by atoms with van der Waals surface area (Å²) in [5, 5.41) is 0. The highest BCUT2D eigenvalue weighted by Crippen LogP contribution is 2.19. The summed E-state index contributed by atoms with van der Waals surface area (Å²) in [4.78, 5) is 16.9. The zero-order valence-electron chi connectivity index (χ0n) is 11.7. The van der Waals surface area contributed by atoms with Crippen LogP contribution in [-0.2, 0) is 5.54 Å². The number of nitrogens with two attached hydrogens (primary N) is 1. The highest BCUT2D eigenvalue weighted by atomic mass is 19.4. The quantitative estimate of drug-likeness (QED) is 0.909. The molecule has 1 aromatic heterocycles. The van der Waals surface area contributed by atoms with Gasteiger partial charge in [0.2, 0.25) is 0 Å². The molecular weight excluding hydrogens is 273 g/mol. The van der Waals surface area contributed by atoms with Gasteiger partial charge >= 0.3 is 6.18 Å². The summed E-state index contributed by atoms with van der Waals surface area (Å²) in [6, 6.07) is 0. The molecule has 1 rings (SSSR count). The van der Waals surface area contributed by atoms with Crippen LogP contribution in [0.4, 0.5) is 19.0 Å². The lowest BCUT2D eigenvalue weighted by molar-refractivity contribution is -0.119. The third kappa shape index (κ3) is 4.22. The molecule has 5 nitrogen and oxygen atoms in total. The van der Waals surface area contributed by atoms with Crippen molar-refractivity contribution in [3.8, 4) is 0 Å². The number of alkyl halides is 3. The second-order valence-electron chi connectivity index (χ2n) is 5.42. The second kappa shape index (κ2) is 5.82. The Morgan fingerprint density at radius 2 is 1.95 bits per heavy atom. The third-order valence-corrected chi connectivity index (χ3v) is 2.61. The Kier molecular flexibility index (Phi) is 4.80. The summed E-state index contributed by atoms with van der Waals surface area (Å²) in [5.41, 5.74) is 4.22. The Balaban J connectivity index is 3.25. The van der Waals surface area contributed by atoms with Crippen molar-refractivity contribution in [2.24, 2.45) is 5.73 Å². The van der Waals surface area contributed by atoms with Gasteiger partial charge in [0.25, 0.3) is 5.56 Å². The van der Waals surface area contributed by atoms with Crippen LogP contribution in [0.15, 0.2) is 17.2 Å². The first kappa shape index (κ1) is 16.5. The summed E-state index contributed by atoms with van der Waals surface area (Å²) in [6.45, 7) is 4.03. The molecule has 1 aromatic rings. The minimum Gasteiger partial charge on any atom is -0.342 e. The molecule has 0 amide bonds. The summed E-state index contributed by atoms with van der Waals surface area (Å²) < 4.78 is 39.0. The maximum Gasteiger partial charge on any atom is 0.405 e. The van der Waals surface area contributed by atoms with Crippen LogP contribution in [0.1, 0.15) is 20.8 Å². The van der Waals surface area contributed by atoms with Crippen LogP contribution >= 0.6 is 0 Å². The molecule has 0 aromatic carbocycles. The molecule has 8 heteroatoms. The van der Waals surface area contributed by atoms with E-state index >= 15 is 0 Å². The van der Waals surface area contributed by atoms with Crippen molar-refractivity contribution in [3.63, 3.8) is 0 Å². The van der Waals surface area contributed by atoms with Gasteiger partial charge in [0, 0.05) is 31.0 Å². The predicted octanol–water partition coefficient (Wildman–Crippen LogP) is 1.33. The van der Waals surface area contributed by atoms with E-state index in [4.69, 9.17) is 5.73 Å². The smallest absolute Gasteiger partial charge is 0.342 e. The Hall–Kier alpha value is -1.57. The molecule has 0 aliphatic rings. The average molecular weight is 292 g/mol. The van der Waals surface area contributed by atoms with E-state index < -0.39 is 23.8 Å². The van der Waals surface area contributed by atoms with E-state index in [0.29, 0.717) is 0 Å². The maximum atomic E-state index is 12.6. The number of hydrogen-bond acceptors (Lipinski definition) is 4. The monoisotopic (exact) mass is 292 g/mol. The maximum absolute atomic E-state index is 12.6. The van der Waals surface area contributed by atoms with Gasteiger partial charge in [0.15, 0.2) is 5.82 Å². The van der Waals surface area contributed by atoms with Crippen molar-refractivity contribution >= 4 is 5.82 Å². The van der Waals surface area contributed by atoms with Crippen LogP contribution in [0.2, 0.25) is 0 Å². The average Bonchev–Trinajstić information content (AvgIpc) is 2.25. The number of hydrogen-bond donors (Lipinski definition) is 1. The fourth-order valence-corrected chi connectivity index (χ4v) is 1.78. The van der Waals surface area contributed by atoms with Gasteiger partial charge in [-0.3, -0.25) is 4.79 Å². The first-order chi connectivity index (χ1) is 9.06. The topological polar surface area (TPSA) is 64.2 Å². The summed E-state index contributed by atoms with van der Waals surface area (Å²) in [5.74, 6) is -0.231. The molecule has 0 fully saturated rings. The van der Waals surface area contributed by atoms with Gasteiger partial charge < -0.3 is 15.2 Å². The number of nitrogens with zero attached hydrogens (tertiary/aromatic N) is 3. The molecule has 1 heterocycles. The van der Waals surface area contributed by atoms with Crippen LogP contribution in [0.5, 0.6) is 0 Å². The van der Waals surface area contributed by atoms with Crippen LogP contribution in [0.3, 0.4) is 0 Å². The Labute approximate surface area is 115 Å². The van der Waals surface area contributed by atoms with Crippen LogP contribution in [0.25, 0.3) is 0 Å². The van der Waals surface area contributed by atoms with E-state index in [1.807, 2.05) is 0 Å². The Morgan fingerprint density at radius 1 is 1.35 bits per heavy atom. The molecule has 0 radical (unpaired) electrons. The standard InChI is InChI=1S/C12H19F3N4O/c1-11(2,3)19-7-5-17-9(10(19)20)18(6-4-16)8-12(13,14)15/h5,7H,4,6,8,16H2,1-3H3. The molecule has 0 atom stereocenters. The summed E-state index contributed by atoms with van der Waals surface area (Å²) >= 11 is 0. The molecule has 0 unspecified atom stereocenters. The second-order valence-corrected chi connectivity index (χ2v) is 5.42. The number of halogens is 3. The van der Waals surface area contributed by atoms with Gasteiger partial charge in [-0.25, -0.2) is 4.98 Å². The van der Waals surface area contributed by atoms with E-state index in [0.717, 1.165) is 4.90 Å². The van der Waals surface area contributed by atoms with E-state index in [-0.39, 0.29) is 18.9 Å². The van der Waals surface area contributed by atoms with Crippen molar-refractivity contribution < 1.29 is 13.2 Å². The normalized spacial score (nSPS) is 12.6. The lowest BCUT2D eigenvalue weighted by Crippen LogP contribution is -2.44. The first-order valence-corrected chi connectivity index (χ1v) is 6.16. The molecule has 2 N–H and O–H groups in total. The van der Waals surface area contributed by atoms with Crippen molar-refractivity contribution in [3.05, 3.63) is 22.7 Å². The number of anilines is 1. The minimum absolute atomic E-state index is 0.00160. The third-order valence-electron chi connectivity index (χ3n) is 2.61. The van der Waals surface area contributed by atoms with Crippen molar-refractivity contribution in [2.75, 3.05) is 24.5 Å². The van der Waals surface area contributed by atoms with Gasteiger partial charge in [-0.05, 0) is 20.8 Å². The van der Waals surface area contributed by atoms with Gasteiger partial charge in [-0.2, -0.15) is 13.2 Å². The van der Waals surface area contributed by atoms with E-state index in [1.54, 1.807) is 20.8 Å². The zero-order valence-corrected chi connectivity index (χ0v) is 11.7. The molecule has 0 bridgehead atoms. The van der Waals surface area contributed by atoms with Crippen LogP contribution in [-0.4, -0.2) is 35.4 Å². The Bertz CT molecular complexity index is 505. The SMILES string of the molecule is CC(C)(C)n1ccnc(N(CCN)CC(F)(F)F)c1=O. The molecule has 0 spiro atoms. The Morgan fingerprint density at radius 3 is 2.40 bits per heavy atom. The van der Waals surface area contributed by atoms with Crippen LogP contribution in [0, 0.1) is 0 Å². The predicted molar refractivity (Wildman–Crippen MR) is 70.8 cm³/mol. The van der Waals surface area contributed by atoms with Gasteiger partial charge in [-0.15, -0.1) is 0 Å². The van der Waals surface area contributed by atoms with Crippen molar-refractivity contribution in [1.29, 1.82) is 0 Å². The fraction of sp³-hybridized carbons (Fsp3) is 0.667. The first-order valence-electron chi connectivity index (χ1n) is 6.16. The molecular formula is C12H19F3N4O. The van der Waals surface area contributed by atoms with Crippen molar-refractivity contribution in [2.45, 2.75) is 32.5 Å². The van der Waals surface area contributed by atoms with Gasteiger partial charge in [0.1, 0.15) is 6.54 Å². The largest absolute Gasteiger partial charge is 0.405 e. The lowest BCUT2D eigenvalue weighted by Gasteiger charge is -2.27. The van der Waals surface area contributed by atoms with E-state index in [1.165, 1.54) is 17.0 Å². The lowest BCUT2D eigenvalue weighted by atomic mass is 10.1. The van der Waals surface area contributed by atoms with Gasteiger partial charge in [0.05, 0.1) is 0 Å². The molecule has 0 aliphatic carbocycles. The molecule has 0 aliphatic heterocycles. The number of rotatable bonds is 4. The molecule has 0 saturated carbocycles. The fourth-order valence-electron chi connectivity index (χ4n) is 1.78. The highest BCUT2D eigenvalue weighted by Gasteiger charge is 2.32. The molecule has 20 heavy (non-hydrogen) atoms. The minimum atomic E-state index is -4.42. The highest BCUT2D eigenvalue weighted by molar-refractivity contribution is 5.36. The summed E-state index contributed by atoms with van der Waals surface area (Å²) in [7, 11) is 0. The number of aromatic nitrogens is 2. The van der Waals surface area contributed by atoms with Crippen LogP contribution < -0.4 is 16.2 Å².